The molecule has 2 aromatic carbocycles. The van der Waals surface area contributed by atoms with Crippen LogP contribution in [0.15, 0.2) is 30.3 Å². The molecule has 1 aromatic heterocycles. The van der Waals surface area contributed by atoms with Gasteiger partial charge in [0, 0.05) is 23.6 Å². The topological polar surface area (TPSA) is 77.6 Å². The summed E-state index contributed by atoms with van der Waals surface area (Å²) < 4.78 is 21.6. The van der Waals surface area contributed by atoms with Crippen molar-refractivity contribution in [1.29, 1.82) is 0 Å². The largest absolute Gasteiger partial charge is 0.497 e. The van der Waals surface area contributed by atoms with Crippen LogP contribution in [0.25, 0.3) is 11.3 Å². The summed E-state index contributed by atoms with van der Waals surface area (Å²) >= 11 is 0. The molecule has 2 N–H and O–H groups in total. The van der Waals surface area contributed by atoms with Crippen LogP contribution in [0, 0.1) is 0 Å². The van der Waals surface area contributed by atoms with Gasteiger partial charge in [-0.25, -0.2) is 0 Å². The van der Waals surface area contributed by atoms with Gasteiger partial charge in [0.15, 0.2) is 17.3 Å². The number of hydrogen-bond donors (Lipinski definition) is 2. The third-order valence-corrected chi connectivity index (χ3v) is 4.77. The molecule has 140 valence electrons. The number of nitrogens with zero attached hydrogens (tertiary/aromatic N) is 1. The SMILES string of the molecule is COc1ccc(Nc2n[nH]c3c2Cc2cc(OC)c(OC)cc2-3)c(OC)c1. The van der Waals surface area contributed by atoms with E-state index in [2.05, 4.69) is 15.5 Å². The number of rotatable bonds is 6. The van der Waals surface area contributed by atoms with Crippen LogP contribution in [0.1, 0.15) is 11.1 Å². The van der Waals surface area contributed by atoms with E-state index < -0.39 is 0 Å². The Kier molecular flexibility index (Phi) is 4.27. The van der Waals surface area contributed by atoms with Crippen molar-refractivity contribution in [3.63, 3.8) is 0 Å². The normalized spacial score (nSPS) is 11.6. The summed E-state index contributed by atoms with van der Waals surface area (Å²) in [5.74, 6) is 3.61. The van der Waals surface area contributed by atoms with Gasteiger partial charge in [-0.1, -0.05) is 0 Å². The molecule has 0 bridgehead atoms. The van der Waals surface area contributed by atoms with Crippen molar-refractivity contribution < 1.29 is 18.9 Å². The molecule has 7 heteroatoms. The summed E-state index contributed by atoms with van der Waals surface area (Å²) in [6.45, 7) is 0. The molecule has 0 spiro atoms. The second kappa shape index (κ2) is 6.75. The molecule has 3 aromatic rings. The second-order valence-corrected chi connectivity index (χ2v) is 6.16. The number of benzene rings is 2. The Bertz CT molecular complexity index is 997. The van der Waals surface area contributed by atoms with Crippen molar-refractivity contribution in [3.8, 4) is 34.3 Å². The van der Waals surface area contributed by atoms with E-state index in [1.165, 1.54) is 5.56 Å². The summed E-state index contributed by atoms with van der Waals surface area (Å²) in [7, 11) is 6.53. The Labute approximate surface area is 157 Å². The van der Waals surface area contributed by atoms with Crippen LogP contribution in [-0.2, 0) is 6.42 Å². The summed E-state index contributed by atoms with van der Waals surface area (Å²) in [4.78, 5) is 0. The summed E-state index contributed by atoms with van der Waals surface area (Å²) in [5.41, 5.74) is 5.14. The van der Waals surface area contributed by atoms with Gasteiger partial charge in [-0.2, -0.15) is 5.10 Å². The zero-order valence-corrected chi connectivity index (χ0v) is 15.7. The lowest BCUT2D eigenvalue weighted by atomic mass is 10.1. The van der Waals surface area contributed by atoms with Crippen molar-refractivity contribution in [2.24, 2.45) is 0 Å². The highest BCUT2D eigenvalue weighted by molar-refractivity contribution is 5.82. The van der Waals surface area contributed by atoms with E-state index in [4.69, 9.17) is 18.9 Å². The van der Waals surface area contributed by atoms with Gasteiger partial charge in [-0.15, -0.1) is 0 Å². The quantitative estimate of drug-likeness (QED) is 0.540. The van der Waals surface area contributed by atoms with Crippen molar-refractivity contribution >= 4 is 11.5 Å². The first-order valence-electron chi connectivity index (χ1n) is 8.50. The van der Waals surface area contributed by atoms with Crippen LogP contribution in [0.5, 0.6) is 23.0 Å². The minimum absolute atomic E-state index is 0.685. The monoisotopic (exact) mass is 367 g/mol. The predicted octanol–water partition coefficient (Wildman–Crippen LogP) is 3.76. The van der Waals surface area contributed by atoms with E-state index in [0.29, 0.717) is 11.5 Å². The van der Waals surface area contributed by atoms with Gasteiger partial charge < -0.3 is 24.3 Å². The number of nitrogens with one attached hydrogen (secondary N) is 2. The number of anilines is 2. The highest BCUT2D eigenvalue weighted by Gasteiger charge is 2.27. The predicted molar refractivity (Wildman–Crippen MR) is 103 cm³/mol. The Morgan fingerprint density at radius 1 is 0.889 bits per heavy atom. The van der Waals surface area contributed by atoms with Crippen LogP contribution < -0.4 is 24.3 Å². The van der Waals surface area contributed by atoms with Crippen molar-refractivity contribution in [3.05, 3.63) is 41.5 Å². The molecule has 0 saturated carbocycles. The minimum atomic E-state index is 0.685. The van der Waals surface area contributed by atoms with E-state index in [-0.39, 0.29) is 0 Å². The molecule has 0 aliphatic heterocycles. The Balaban J connectivity index is 1.69. The van der Waals surface area contributed by atoms with E-state index in [1.807, 2.05) is 30.3 Å². The van der Waals surface area contributed by atoms with Gasteiger partial charge in [0.1, 0.15) is 11.5 Å². The molecule has 4 rings (SSSR count). The smallest absolute Gasteiger partial charge is 0.161 e. The molecule has 27 heavy (non-hydrogen) atoms. The number of H-pyrrole nitrogens is 1. The van der Waals surface area contributed by atoms with Crippen LogP contribution in [0.2, 0.25) is 0 Å². The number of aromatic amines is 1. The highest BCUT2D eigenvalue weighted by atomic mass is 16.5. The lowest BCUT2D eigenvalue weighted by molar-refractivity contribution is 0.355. The first kappa shape index (κ1) is 17.1. The number of fused-ring (bicyclic) bond motifs is 3. The molecule has 0 saturated heterocycles. The number of aromatic nitrogens is 2. The molecule has 0 unspecified atom stereocenters. The third kappa shape index (κ3) is 2.81. The lowest BCUT2D eigenvalue weighted by Gasteiger charge is -2.12. The average Bonchev–Trinajstić information content (AvgIpc) is 3.26. The fourth-order valence-electron chi connectivity index (χ4n) is 3.38. The van der Waals surface area contributed by atoms with E-state index in [9.17, 15) is 0 Å². The number of ether oxygens (including phenoxy) is 4. The van der Waals surface area contributed by atoms with Crippen LogP contribution >= 0.6 is 0 Å². The Morgan fingerprint density at radius 3 is 2.33 bits per heavy atom. The van der Waals surface area contributed by atoms with Crippen LogP contribution in [0.4, 0.5) is 11.5 Å². The summed E-state index contributed by atoms with van der Waals surface area (Å²) in [5, 5.41) is 11.0. The van der Waals surface area contributed by atoms with Gasteiger partial charge in [0.25, 0.3) is 0 Å². The average molecular weight is 367 g/mol. The van der Waals surface area contributed by atoms with E-state index in [1.54, 1.807) is 28.4 Å². The molecule has 0 fully saturated rings. The maximum Gasteiger partial charge on any atom is 0.161 e. The van der Waals surface area contributed by atoms with Gasteiger partial charge >= 0.3 is 0 Å². The zero-order chi connectivity index (χ0) is 19.0. The first-order valence-corrected chi connectivity index (χ1v) is 8.50. The van der Waals surface area contributed by atoms with Crippen molar-refractivity contribution in [1.82, 2.24) is 10.2 Å². The van der Waals surface area contributed by atoms with E-state index >= 15 is 0 Å². The molecule has 1 aliphatic carbocycles. The molecular formula is C20H21N3O4. The fourth-order valence-corrected chi connectivity index (χ4v) is 3.38. The van der Waals surface area contributed by atoms with Gasteiger partial charge in [0.05, 0.1) is 39.8 Å². The molecule has 7 nitrogen and oxygen atoms in total. The van der Waals surface area contributed by atoms with Crippen molar-refractivity contribution in [2.45, 2.75) is 6.42 Å². The molecule has 0 radical (unpaired) electrons. The lowest BCUT2D eigenvalue weighted by Crippen LogP contribution is -1.98. The van der Waals surface area contributed by atoms with Gasteiger partial charge in [-0.05, 0) is 29.8 Å². The van der Waals surface area contributed by atoms with Crippen LogP contribution in [0.3, 0.4) is 0 Å². The molecule has 0 amide bonds. The highest BCUT2D eigenvalue weighted by Crippen LogP contribution is 2.44. The third-order valence-electron chi connectivity index (χ3n) is 4.77. The molecule has 0 atom stereocenters. The number of hydrogen-bond acceptors (Lipinski definition) is 6. The maximum atomic E-state index is 5.46. The Morgan fingerprint density at radius 2 is 1.63 bits per heavy atom. The second-order valence-electron chi connectivity index (χ2n) is 6.16. The van der Waals surface area contributed by atoms with E-state index in [0.717, 1.165) is 46.2 Å². The minimum Gasteiger partial charge on any atom is -0.497 e. The van der Waals surface area contributed by atoms with Gasteiger partial charge in [-0.3, -0.25) is 5.10 Å². The molecule has 1 heterocycles. The van der Waals surface area contributed by atoms with Crippen LogP contribution in [-0.4, -0.2) is 38.6 Å². The Hall–Kier alpha value is -3.35. The van der Waals surface area contributed by atoms with Gasteiger partial charge in [0.2, 0.25) is 0 Å². The maximum absolute atomic E-state index is 5.46. The summed E-state index contributed by atoms with van der Waals surface area (Å²) in [6, 6.07) is 9.62. The zero-order valence-electron chi connectivity index (χ0n) is 15.7. The van der Waals surface area contributed by atoms with Crippen molar-refractivity contribution in [2.75, 3.05) is 33.8 Å². The molecule has 1 aliphatic rings. The summed E-state index contributed by atoms with van der Waals surface area (Å²) in [6.07, 6.45) is 0.752. The fraction of sp³-hybridized carbons (Fsp3) is 0.250. The standard InChI is InChI=1S/C20H21N3O4/c1-24-12-5-6-15(16(9-12)25-2)21-20-14-7-11-8-17(26-3)18(27-4)10-13(11)19(14)22-23-20/h5-6,8-10H,7H2,1-4H3,(H2,21,22,23). The first-order chi connectivity index (χ1) is 13.2. The number of methoxy groups -OCH3 is 4. The molecular weight excluding hydrogens is 346 g/mol.